The quantitative estimate of drug-likeness (QED) is 0.765. The van der Waals surface area contributed by atoms with Crippen LogP contribution in [0.5, 0.6) is 0 Å². The second-order valence-corrected chi connectivity index (χ2v) is 6.17. The Morgan fingerprint density at radius 3 is 2.58 bits per heavy atom. The summed E-state index contributed by atoms with van der Waals surface area (Å²) in [7, 11) is 0. The number of anilines is 1. The number of rotatable bonds is 3. The zero-order valence-electron chi connectivity index (χ0n) is 13.9. The molecule has 0 unspecified atom stereocenters. The van der Waals surface area contributed by atoms with Gasteiger partial charge in [-0.2, -0.15) is 0 Å². The molecule has 0 bridgehead atoms. The third-order valence-corrected chi connectivity index (χ3v) is 4.36. The molecule has 1 aromatic carbocycles. The molecule has 1 N–H and O–H groups in total. The predicted octanol–water partition coefficient (Wildman–Crippen LogP) is 5.38. The van der Waals surface area contributed by atoms with E-state index in [0.29, 0.717) is 10.8 Å². The molecule has 0 atom stereocenters. The normalized spacial score (nSPS) is 13.6. The van der Waals surface area contributed by atoms with Gasteiger partial charge in [0.15, 0.2) is 5.82 Å². The molecule has 1 heterocycles. The number of aromatic nitrogens is 2. The van der Waals surface area contributed by atoms with Crippen molar-refractivity contribution in [3.8, 4) is 11.4 Å². The first-order valence-electron chi connectivity index (χ1n) is 7.67. The number of aryl methyl sites for hydroxylation is 1. The summed E-state index contributed by atoms with van der Waals surface area (Å²) < 4.78 is 0. The van der Waals surface area contributed by atoms with E-state index in [-0.39, 0.29) is 0 Å². The van der Waals surface area contributed by atoms with Crippen LogP contribution in [0.4, 0.5) is 5.82 Å². The van der Waals surface area contributed by atoms with Crippen LogP contribution < -0.4 is 5.32 Å². The molecule has 0 saturated heterocycles. The smallest absolute Gasteiger partial charge is 0.163 e. The van der Waals surface area contributed by atoms with Crippen molar-refractivity contribution in [3.63, 3.8) is 0 Å². The predicted molar refractivity (Wildman–Crippen MR) is 100 cm³/mol. The van der Waals surface area contributed by atoms with E-state index < -0.39 is 0 Å². The number of hydrogen-bond donors (Lipinski definition) is 1. The summed E-state index contributed by atoms with van der Waals surface area (Å²) in [5, 5.41) is 3.97. The SMILES string of the molecule is C=C1C=C=C(Nc2nc(-c3ccccc3Cl)nc(C)c2C)C=C1C. The molecule has 4 heteroatoms. The van der Waals surface area contributed by atoms with Gasteiger partial charge in [-0.05, 0) is 56.2 Å². The molecule has 3 rings (SSSR count). The largest absolute Gasteiger partial charge is 0.333 e. The summed E-state index contributed by atoms with van der Waals surface area (Å²) in [5.74, 6) is 1.36. The molecule has 0 aliphatic heterocycles. The highest BCUT2D eigenvalue weighted by Gasteiger charge is 2.13. The highest BCUT2D eigenvalue weighted by Crippen LogP contribution is 2.28. The van der Waals surface area contributed by atoms with Crippen LogP contribution in [0, 0.1) is 13.8 Å². The Morgan fingerprint density at radius 1 is 1.12 bits per heavy atom. The first-order chi connectivity index (χ1) is 11.5. The molecule has 1 aliphatic carbocycles. The van der Waals surface area contributed by atoms with E-state index in [2.05, 4.69) is 27.6 Å². The minimum atomic E-state index is 0.608. The zero-order chi connectivity index (χ0) is 17.3. The minimum absolute atomic E-state index is 0.608. The fraction of sp³-hybridized carbons (Fsp3) is 0.150. The summed E-state index contributed by atoms with van der Waals surface area (Å²) in [5.41, 5.74) is 8.83. The second kappa shape index (κ2) is 6.48. The zero-order valence-corrected chi connectivity index (χ0v) is 14.7. The van der Waals surface area contributed by atoms with Gasteiger partial charge in [0.2, 0.25) is 0 Å². The fourth-order valence-corrected chi connectivity index (χ4v) is 2.56. The lowest BCUT2D eigenvalue weighted by Gasteiger charge is -2.14. The molecule has 24 heavy (non-hydrogen) atoms. The van der Waals surface area contributed by atoms with E-state index in [9.17, 15) is 0 Å². The van der Waals surface area contributed by atoms with Gasteiger partial charge >= 0.3 is 0 Å². The van der Waals surface area contributed by atoms with E-state index in [1.807, 2.05) is 57.2 Å². The van der Waals surface area contributed by atoms with Crippen molar-refractivity contribution < 1.29 is 0 Å². The van der Waals surface area contributed by atoms with Gasteiger partial charge in [-0.25, -0.2) is 9.97 Å². The molecule has 2 aromatic rings. The highest BCUT2D eigenvalue weighted by atomic mass is 35.5. The van der Waals surface area contributed by atoms with Gasteiger partial charge in [0.25, 0.3) is 0 Å². The van der Waals surface area contributed by atoms with E-state index in [1.54, 1.807) is 0 Å². The number of halogens is 1. The van der Waals surface area contributed by atoms with Crippen molar-refractivity contribution in [1.82, 2.24) is 9.97 Å². The Bertz CT molecular complexity index is 932. The highest BCUT2D eigenvalue weighted by molar-refractivity contribution is 6.33. The van der Waals surface area contributed by atoms with Gasteiger partial charge in [-0.1, -0.05) is 36.0 Å². The Balaban J connectivity index is 2.05. The van der Waals surface area contributed by atoms with Crippen LogP contribution in [0.15, 0.2) is 65.6 Å². The molecular weight excluding hydrogens is 318 g/mol. The molecule has 0 saturated carbocycles. The molecule has 1 aliphatic rings. The Labute approximate surface area is 147 Å². The van der Waals surface area contributed by atoms with Crippen molar-refractivity contribution in [2.24, 2.45) is 0 Å². The maximum Gasteiger partial charge on any atom is 0.163 e. The standard InChI is InChI=1S/C20H18ClN3/c1-12-9-10-16(11-13(12)2)23-19-14(3)15(4)22-20(24-19)17-7-5-6-8-18(17)21/h5-9,11H,1H2,2-4H3,(H,22,23,24). The molecule has 120 valence electrons. The summed E-state index contributed by atoms with van der Waals surface area (Å²) in [6.45, 7) is 9.95. The summed E-state index contributed by atoms with van der Waals surface area (Å²) in [6.07, 6.45) is 3.88. The number of nitrogens with one attached hydrogen (secondary N) is 1. The van der Waals surface area contributed by atoms with Gasteiger partial charge in [-0.15, -0.1) is 0 Å². The van der Waals surface area contributed by atoms with Crippen LogP contribution in [-0.2, 0) is 0 Å². The summed E-state index contributed by atoms with van der Waals surface area (Å²) >= 11 is 6.29. The van der Waals surface area contributed by atoms with Crippen molar-refractivity contribution in [2.75, 3.05) is 5.32 Å². The third-order valence-electron chi connectivity index (χ3n) is 4.03. The topological polar surface area (TPSA) is 37.8 Å². The molecule has 0 spiro atoms. The maximum absolute atomic E-state index is 6.29. The molecule has 0 radical (unpaired) electrons. The van der Waals surface area contributed by atoms with E-state index in [1.165, 1.54) is 0 Å². The number of allylic oxidation sites excluding steroid dienone is 3. The first kappa shape index (κ1) is 16.3. The number of benzene rings is 1. The number of nitrogens with zero attached hydrogens (tertiary/aromatic N) is 2. The van der Waals surface area contributed by atoms with E-state index in [4.69, 9.17) is 11.6 Å². The van der Waals surface area contributed by atoms with Gasteiger partial charge in [0.1, 0.15) is 5.82 Å². The number of hydrogen-bond acceptors (Lipinski definition) is 3. The molecule has 1 aromatic heterocycles. The van der Waals surface area contributed by atoms with Gasteiger partial charge < -0.3 is 5.32 Å². The third kappa shape index (κ3) is 3.18. The second-order valence-electron chi connectivity index (χ2n) is 5.77. The monoisotopic (exact) mass is 335 g/mol. The van der Waals surface area contributed by atoms with Crippen LogP contribution in [0.2, 0.25) is 5.02 Å². The molecule has 3 nitrogen and oxygen atoms in total. The Hall–Kier alpha value is -2.61. The van der Waals surface area contributed by atoms with Gasteiger partial charge in [-0.3, -0.25) is 0 Å². The van der Waals surface area contributed by atoms with E-state index >= 15 is 0 Å². The first-order valence-corrected chi connectivity index (χ1v) is 8.05. The Morgan fingerprint density at radius 2 is 1.88 bits per heavy atom. The Kier molecular flexibility index (Phi) is 4.39. The van der Waals surface area contributed by atoms with Crippen LogP contribution in [0.3, 0.4) is 0 Å². The maximum atomic E-state index is 6.29. The molecule has 0 fully saturated rings. The summed E-state index contributed by atoms with van der Waals surface area (Å²) in [4.78, 5) is 9.25. The molecule has 0 amide bonds. The van der Waals surface area contributed by atoms with Crippen molar-refractivity contribution in [1.29, 1.82) is 0 Å². The van der Waals surface area contributed by atoms with Crippen LogP contribution in [0.25, 0.3) is 11.4 Å². The lowest BCUT2D eigenvalue weighted by atomic mass is 10.1. The lowest BCUT2D eigenvalue weighted by Crippen LogP contribution is -2.07. The lowest BCUT2D eigenvalue weighted by molar-refractivity contribution is 1.07. The van der Waals surface area contributed by atoms with Gasteiger partial charge in [0, 0.05) is 16.8 Å². The van der Waals surface area contributed by atoms with Crippen molar-refractivity contribution in [3.05, 3.63) is 81.9 Å². The summed E-state index contributed by atoms with van der Waals surface area (Å²) in [6, 6.07) is 7.58. The van der Waals surface area contributed by atoms with E-state index in [0.717, 1.165) is 39.5 Å². The molecular formula is C20H18ClN3. The van der Waals surface area contributed by atoms with Crippen LogP contribution in [-0.4, -0.2) is 9.97 Å². The van der Waals surface area contributed by atoms with Crippen molar-refractivity contribution >= 4 is 17.4 Å². The fourth-order valence-electron chi connectivity index (χ4n) is 2.34. The minimum Gasteiger partial charge on any atom is -0.333 e. The van der Waals surface area contributed by atoms with Crippen LogP contribution in [0.1, 0.15) is 18.2 Å². The average Bonchev–Trinajstić information content (AvgIpc) is 2.55. The average molecular weight is 336 g/mol. The van der Waals surface area contributed by atoms with Crippen molar-refractivity contribution in [2.45, 2.75) is 20.8 Å². The van der Waals surface area contributed by atoms with Gasteiger partial charge in [0.05, 0.1) is 10.7 Å². The van der Waals surface area contributed by atoms with Crippen LogP contribution >= 0.6 is 11.6 Å².